The molecule has 1 heterocycles. The van der Waals surface area contributed by atoms with Crippen LogP contribution >= 0.6 is 11.3 Å². The monoisotopic (exact) mass is 476 g/mol. The molecule has 10 heteroatoms. The van der Waals surface area contributed by atoms with Crippen LogP contribution in [-0.4, -0.2) is 41.8 Å². The number of nitrogens with one attached hydrogen (secondary N) is 2. The van der Waals surface area contributed by atoms with E-state index in [1.165, 1.54) is 13.2 Å². The molecule has 2 aromatic carbocycles. The number of thiophene rings is 1. The fraction of sp³-hybridized carbons (Fsp3) is 0.227. The molecule has 8 nitrogen and oxygen atoms in total. The summed E-state index contributed by atoms with van der Waals surface area (Å²) in [5, 5.41) is 4.28. The number of hydrogen-bond acceptors (Lipinski definition) is 7. The van der Waals surface area contributed by atoms with E-state index in [-0.39, 0.29) is 9.77 Å². The summed E-state index contributed by atoms with van der Waals surface area (Å²) in [6.45, 7) is 2.61. The van der Waals surface area contributed by atoms with E-state index < -0.39 is 15.9 Å². The number of hydrogen-bond donors (Lipinski definition) is 2. The number of carbonyl (C=O) groups is 1. The van der Waals surface area contributed by atoms with E-state index in [1.54, 1.807) is 55.0 Å². The highest BCUT2D eigenvalue weighted by Crippen LogP contribution is 2.31. The number of ether oxygens (including phenoxy) is 3. The van der Waals surface area contributed by atoms with Crippen molar-refractivity contribution in [1.82, 2.24) is 0 Å². The third-order valence-corrected chi connectivity index (χ3v) is 6.86. The Balaban J connectivity index is 1.79. The molecule has 0 saturated heterocycles. The first kappa shape index (κ1) is 23.6. The number of rotatable bonds is 10. The summed E-state index contributed by atoms with van der Waals surface area (Å²) in [7, 11) is -0.862. The lowest BCUT2D eigenvalue weighted by molar-refractivity contribution is 0.102. The maximum absolute atomic E-state index is 12.9. The first-order chi connectivity index (χ1) is 15.3. The topological polar surface area (TPSA) is 103 Å². The van der Waals surface area contributed by atoms with Gasteiger partial charge in [-0.3, -0.25) is 9.52 Å². The van der Waals surface area contributed by atoms with Crippen LogP contribution in [0.25, 0.3) is 0 Å². The second kappa shape index (κ2) is 10.5. The molecule has 1 amide bonds. The van der Waals surface area contributed by atoms with Gasteiger partial charge in [-0.1, -0.05) is 17.7 Å². The van der Waals surface area contributed by atoms with Crippen molar-refractivity contribution < 1.29 is 27.4 Å². The van der Waals surface area contributed by atoms with Gasteiger partial charge < -0.3 is 19.5 Å². The Morgan fingerprint density at radius 3 is 2.38 bits per heavy atom. The Hall–Kier alpha value is -3.08. The summed E-state index contributed by atoms with van der Waals surface area (Å²) in [5.41, 5.74) is 1.86. The van der Waals surface area contributed by atoms with Crippen LogP contribution in [0, 0.1) is 6.92 Å². The Morgan fingerprint density at radius 2 is 1.69 bits per heavy atom. The van der Waals surface area contributed by atoms with E-state index in [9.17, 15) is 13.2 Å². The predicted octanol–water partition coefficient (Wildman–Crippen LogP) is 4.14. The zero-order chi connectivity index (χ0) is 23.1. The van der Waals surface area contributed by atoms with Gasteiger partial charge >= 0.3 is 0 Å². The Bertz CT molecular complexity index is 1170. The predicted molar refractivity (Wildman–Crippen MR) is 125 cm³/mol. The van der Waals surface area contributed by atoms with Crippen molar-refractivity contribution in [3.8, 4) is 11.5 Å². The molecule has 0 fully saturated rings. The fourth-order valence-electron chi connectivity index (χ4n) is 2.80. The minimum atomic E-state index is -3.94. The van der Waals surface area contributed by atoms with Crippen molar-refractivity contribution in [2.75, 3.05) is 37.5 Å². The standard InChI is InChI=1S/C22H24N2O6S2/c1-15-4-6-16(7-5-15)24-32(26,27)20-10-13-31-21(20)22(25)23-17-8-9-18(29-3)19(14-17)30-12-11-28-2/h4-10,13-14,24H,11-12H2,1-3H3,(H,23,25). The molecule has 0 unspecified atom stereocenters. The highest BCUT2D eigenvalue weighted by molar-refractivity contribution is 7.93. The Kier molecular flexibility index (Phi) is 7.73. The van der Waals surface area contributed by atoms with Crippen molar-refractivity contribution in [1.29, 1.82) is 0 Å². The van der Waals surface area contributed by atoms with Gasteiger partial charge in [0.15, 0.2) is 11.5 Å². The van der Waals surface area contributed by atoms with Crippen molar-refractivity contribution in [2.24, 2.45) is 0 Å². The molecule has 0 saturated carbocycles. The SMILES string of the molecule is COCCOc1cc(NC(=O)c2sccc2S(=O)(=O)Nc2ccc(C)cc2)ccc1OC. The van der Waals surface area contributed by atoms with E-state index in [4.69, 9.17) is 14.2 Å². The maximum atomic E-state index is 12.9. The van der Waals surface area contributed by atoms with Crippen LogP contribution in [0.4, 0.5) is 11.4 Å². The van der Waals surface area contributed by atoms with Crippen molar-refractivity contribution in [2.45, 2.75) is 11.8 Å². The lowest BCUT2D eigenvalue weighted by Crippen LogP contribution is -2.18. The molecule has 0 bridgehead atoms. The molecule has 0 spiro atoms. The van der Waals surface area contributed by atoms with Crippen LogP contribution in [-0.2, 0) is 14.8 Å². The van der Waals surface area contributed by atoms with Gasteiger partial charge in [0.2, 0.25) is 0 Å². The van der Waals surface area contributed by atoms with E-state index in [2.05, 4.69) is 10.0 Å². The Labute approximate surface area is 191 Å². The van der Waals surface area contributed by atoms with E-state index >= 15 is 0 Å². The Morgan fingerprint density at radius 1 is 0.969 bits per heavy atom. The number of methoxy groups -OCH3 is 2. The van der Waals surface area contributed by atoms with Crippen molar-refractivity contribution in [3.05, 3.63) is 64.4 Å². The van der Waals surface area contributed by atoms with Gasteiger partial charge in [-0.05, 0) is 42.6 Å². The first-order valence-electron chi connectivity index (χ1n) is 9.62. The number of benzene rings is 2. The molecule has 3 rings (SSSR count). The van der Waals surface area contributed by atoms with Crippen molar-refractivity contribution in [3.63, 3.8) is 0 Å². The molecule has 32 heavy (non-hydrogen) atoms. The molecule has 2 N–H and O–H groups in total. The molecule has 0 radical (unpaired) electrons. The third kappa shape index (κ3) is 5.78. The average molecular weight is 477 g/mol. The van der Waals surface area contributed by atoms with Gasteiger partial charge in [0.25, 0.3) is 15.9 Å². The van der Waals surface area contributed by atoms with Crippen LogP contribution in [0.15, 0.2) is 58.8 Å². The summed E-state index contributed by atoms with van der Waals surface area (Å²) in [5.74, 6) is 0.389. The molecule has 3 aromatic rings. The average Bonchev–Trinajstić information content (AvgIpc) is 3.27. The van der Waals surface area contributed by atoms with Crippen LogP contribution in [0.2, 0.25) is 0 Å². The number of amides is 1. The molecule has 0 aliphatic carbocycles. The van der Waals surface area contributed by atoms with Crippen LogP contribution < -0.4 is 19.5 Å². The van der Waals surface area contributed by atoms with Gasteiger partial charge in [-0.25, -0.2) is 8.42 Å². The molecule has 0 aliphatic heterocycles. The molecule has 1 aromatic heterocycles. The van der Waals surface area contributed by atoms with E-state index in [0.29, 0.717) is 36.1 Å². The third-order valence-electron chi connectivity index (χ3n) is 4.40. The second-order valence-corrected chi connectivity index (χ2v) is 9.31. The normalized spacial score (nSPS) is 11.1. The smallest absolute Gasteiger partial charge is 0.267 e. The first-order valence-corrected chi connectivity index (χ1v) is 12.0. The fourth-order valence-corrected chi connectivity index (χ4v) is 5.18. The minimum absolute atomic E-state index is 0.0716. The summed E-state index contributed by atoms with van der Waals surface area (Å²) in [6, 6.07) is 13.3. The van der Waals surface area contributed by atoms with E-state index in [1.807, 2.05) is 6.92 Å². The highest BCUT2D eigenvalue weighted by Gasteiger charge is 2.24. The summed E-state index contributed by atoms with van der Waals surface area (Å²) in [4.78, 5) is 12.9. The lowest BCUT2D eigenvalue weighted by atomic mass is 10.2. The van der Waals surface area contributed by atoms with Crippen LogP contribution in [0.3, 0.4) is 0 Å². The summed E-state index contributed by atoms with van der Waals surface area (Å²) >= 11 is 1.04. The zero-order valence-electron chi connectivity index (χ0n) is 17.9. The van der Waals surface area contributed by atoms with Crippen molar-refractivity contribution >= 4 is 38.6 Å². The van der Waals surface area contributed by atoms with E-state index in [0.717, 1.165) is 16.9 Å². The van der Waals surface area contributed by atoms with Gasteiger partial charge in [0.05, 0.1) is 13.7 Å². The number of anilines is 2. The highest BCUT2D eigenvalue weighted by atomic mass is 32.2. The van der Waals surface area contributed by atoms with Gasteiger partial charge in [0.1, 0.15) is 16.4 Å². The van der Waals surface area contributed by atoms with Crippen LogP contribution in [0.1, 0.15) is 15.2 Å². The molecule has 0 aliphatic rings. The molecule has 170 valence electrons. The minimum Gasteiger partial charge on any atom is -0.493 e. The zero-order valence-corrected chi connectivity index (χ0v) is 19.5. The molecular formula is C22H24N2O6S2. The largest absolute Gasteiger partial charge is 0.493 e. The van der Waals surface area contributed by atoms with Gasteiger partial charge in [-0.2, -0.15) is 0 Å². The maximum Gasteiger partial charge on any atom is 0.267 e. The molecule has 0 atom stereocenters. The number of carbonyl (C=O) groups excluding carboxylic acids is 1. The van der Waals surface area contributed by atoms with Gasteiger partial charge in [0, 0.05) is 24.6 Å². The summed E-state index contributed by atoms with van der Waals surface area (Å²) < 4.78 is 44.1. The van der Waals surface area contributed by atoms with Gasteiger partial charge in [-0.15, -0.1) is 11.3 Å². The quantitative estimate of drug-likeness (QED) is 0.426. The number of sulfonamides is 1. The lowest BCUT2D eigenvalue weighted by Gasteiger charge is -2.13. The molecular weight excluding hydrogens is 452 g/mol. The summed E-state index contributed by atoms with van der Waals surface area (Å²) in [6.07, 6.45) is 0. The second-order valence-electron chi connectivity index (χ2n) is 6.75. The van der Waals surface area contributed by atoms with Crippen LogP contribution in [0.5, 0.6) is 11.5 Å². The number of aryl methyl sites for hydroxylation is 1.